The van der Waals surface area contributed by atoms with E-state index >= 15 is 0 Å². The van der Waals surface area contributed by atoms with Gasteiger partial charge in [-0.1, -0.05) is 6.42 Å². The first-order valence-corrected chi connectivity index (χ1v) is 7.63. The summed E-state index contributed by atoms with van der Waals surface area (Å²) in [5.41, 5.74) is 3.73. The van der Waals surface area contributed by atoms with Crippen LogP contribution in [-0.4, -0.2) is 47.3 Å². The van der Waals surface area contributed by atoms with Crippen molar-refractivity contribution in [3.05, 3.63) is 17.0 Å². The second kappa shape index (κ2) is 7.06. The van der Waals surface area contributed by atoms with Crippen molar-refractivity contribution in [2.45, 2.75) is 52.5 Å². The van der Waals surface area contributed by atoms with Crippen LogP contribution >= 0.6 is 0 Å². The zero-order chi connectivity index (χ0) is 13.7. The van der Waals surface area contributed by atoms with E-state index < -0.39 is 0 Å². The Bertz CT molecular complexity index is 360. The first-order valence-electron chi connectivity index (χ1n) is 7.63. The monoisotopic (exact) mass is 264 g/mol. The fourth-order valence-corrected chi connectivity index (χ4v) is 2.98. The molecule has 4 heteroatoms. The quantitative estimate of drug-likeness (QED) is 0.826. The van der Waals surface area contributed by atoms with Crippen LogP contribution in [0.3, 0.4) is 0 Å². The van der Waals surface area contributed by atoms with E-state index in [0.717, 1.165) is 18.7 Å². The number of rotatable bonds is 6. The predicted molar refractivity (Wildman–Crippen MR) is 79.5 cm³/mol. The first kappa shape index (κ1) is 14.5. The Kier molecular flexibility index (Phi) is 5.40. The fourth-order valence-electron chi connectivity index (χ4n) is 2.98. The van der Waals surface area contributed by atoms with E-state index in [-0.39, 0.29) is 0 Å². The maximum absolute atomic E-state index is 4.25. The van der Waals surface area contributed by atoms with Gasteiger partial charge in [0.15, 0.2) is 0 Å². The van der Waals surface area contributed by atoms with Gasteiger partial charge in [-0.3, -0.25) is 5.10 Å². The average molecular weight is 264 g/mol. The van der Waals surface area contributed by atoms with Crippen LogP contribution in [0.2, 0.25) is 0 Å². The molecular formula is C15H28N4. The molecule has 0 spiro atoms. The molecule has 0 saturated carbocycles. The van der Waals surface area contributed by atoms with Crippen molar-refractivity contribution >= 4 is 0 Å². The molecule has 2 N–H and O–H groups in total. The third-order valence-electron chi connectivity index (χ3n) is 4.13. The van der Waals surface area contributed by atoms with Crippen molar-refractivity contribution < 1.29 is 0 Å². The Morgan fingerprint density at radius 2 is 2.00 bits per heavy atom. The summed E-state index contributed by atoms with van der Waals surface area (Å²) in [6.45, 7) is 11.3. The van der Waals surface area contributed by atoms with Crippen molar-refractivity contribution in [2.75, 3.05) is 26.2 Å². The molecule has 1 saturated heterocycles. The lowest BCUT2D eigenvalue weighted by molar-refractivity contribution is 0.209. The molecule has 4 nitrogen and oxygen atoms in total. The Morgan fingerprint density at radius 1 is 1.26 bits per heavy atom. The molecular weight excluding hydrogens is 236 g/mol. The molecule has 0 amide bonds. The van der Waals surface area contributed by atoms with Crippen molar-refractivity contribution in [1.82, 2.24) is 20.4 Å². The smallest absolute Gasteiger partial charge is 0.0626 e. The molecule has 2 rings (SSSR count). The minimum atomic E-state index is 0.575. The standard InChI is InChI=1S/C15H28N4/c1-12(11-19-9-5-4-6-10-19)16-8-7-15-13(2)17-18-14(15)3/h12,16H,4-11H2,1-3H3,(H,17,18). The summed E-state index contributed by atoms with van der Waals surface area (Å²) >= 11 is 0. The van der Waals surface area contributed by atoms with Gasteiger partial charge in [-0.15, -0.1) is 0 Å². The van der Waals surface area contributed by atoms with Crippen molar-refractivity contribution in [2.24, 2.45) is 0 Å². The second-order valence-electron chi connectivity index (χ2n) is 5.88. The maximum atomic E-state index is 4.25. The summed E-state index contributed by atoms with van der Waals surface area (Å²) in [6.07, 6.45) is 5.23. The van der Waals surface area contributed by atoms with Crippen LogP contribution in [0.5, 0.6) is 0 Å². The van der Waals surface area contributed by atoms with Crippen LogP contribution in [0.4, 0.5) is 0 Å². The van der Waals surface area contributed by atoms with Gasteiger partial charge < -0.3 is 10.2 Å². The van der Waals surface area contributed by atoms with Gasteiger partial charge in [-0.05, 0) is 65.2 Å². The summed E-state index contributed by atoms with van der Waals surface area (Å²) in [5, 5.41) is 10.9. The Balaban J connectivity index is 1.67. The highest BCUT2D eigenvalue weighted by Gasteiger charge is 2.13. The van der Waals surface area contributed by atoms with Gasteiger partial charge in [0.05, 0.1) is 5.69 Å². The highest BCUT2D eigenvalue weighted by Crippen LogP contribution is 2.10. The molecule has 2 heterocycles. The van der Waals surface area contributed by atoms with E-state index in [1.54, 1.807) is 0 Å². The Hall–Kier alpha value is -0.870. The molecule has 108 valence electrons. The SMILES string of the molecule is Cc1n[nH]c(C)c1CCNC(C)CN1CCCCC1. The molecule has 1 aromatic rings. The average Bonchev–Trinajstić information content (AvgIpc) is 2.71. The van der Waals surface area contributed by atoms with Crippen LogP contribution in [0, 0.1) is 13.8 Å². The third-order valence-corrected chi connectivity index (χ3v) is 4.13. The Labute approximate surface area is 117 Å². The summed E-state index contributed by atoms with van der Waals surface area (Å²) in [7, 11) is 0. The largest absolute Gasteiger partial charge is 0.313 e. The van der Waals surface area contributed by atoms with E-state index in [1.165, 1.54) is 50.2 Å². The number of nitrogens with zero attached hydrogens (tertiary/aromatic N) is 2. The van der Waals surface area contributed by atoms with E-state index in [9.17, 15) is 0 Å². The third kappa shape index (κ3) is 4.32. The molecule has 19 heavy (non-hydrogen) atoms. The maximum Gasteiger partial charge on any atom is 0.0626 e. The van der Waals surface area contributed by atoms with Gasteiger partial charge in [-0.25, -0.2) is 0 Å². The van der Waals surface area contributed by atoms with E-state index in [1.807, 2.05) is 0 Å². The van der Waals surface area contributed by atoms with Gasteiger partial charge in [-0.2, -0.15) is 5.10 Å². The first-order chi connectivity index (χ1) is 9.16. The zero-order valence-corrected chi connectivity index (χ0v) is 12.6. The molecule has 0 radical (unpaired) electrons. The van der Waals surface area contributed by atoms with Crippen molar-refractivity contribution in [3.63, 3.8) is 0 Å². The highest BCUT2D eigenvalue weighted by atomic mass is 15.2. The van der Waals surface area contributed by atoms with Crippen molar-refractivity contribution in [1.29, 1.82) is 0 Å². The van der Waals surface area contributed by atoms with Gasteiger partial charge in [0, 0.05) is 18.3 Å². The van der Waals surface area contributed by atoms with Crippen LogP contribution in [0.1, 0.15) is 43.1 Å². The number of hydrogen-bond donors (Lipinski definition) is 2. The summed E-state index contributed by atoms with van der Waals surface area (Å²) in [5.74, 6) is 0. The minimum absolute atomic E-state index is 0.575. The summed E-state index contributed by atoms with van der Waals surface area (Å²) in [4.78, 5) is 2.59. The lowest BCUT2D eigenvalue weighted by Crippen LogP contribution is -2.42. The number of nitrogens with one attached hydrogen (secondary N) is 2. The molecule has 1 atom stereocenters. The van der Waals surface area contributed by atoms with Crippen LogP contribution in [0.15, 0.2) is 0 Å². The summed E-state index contributed by atoms with van der Waals surface area (Å²) < 4.78 is 0. The molecule has 0 aromatic carbocycles. The van der Waals surface area contributed by atoms with Crippen molar-refractivity contribution in [3.8, 4) is 0 Å². The molecule has 1 unspecified atom stereocenters. The van der Waals surface area contributed by atoms with Gasteiger partial charge in [0.25, 0.3) is 0 Å². The molecule has 1 aliphatic heterocycles. The number of aryl methyl sites for hydroxylation is 2. The number of piperidine rings is 1. The van der Waals surface area contributed by atoms with Crippen LogP contribution in [-0.2, 0) is 6.42 Å². The van der Waals surface area contributed by atoms with Crippen LogP contribution < -0.4 is 5.32 Å². The number of H-pyrrole nitrogens is 1. The van der Waals surface area contributed by atoms with E-state index in [2.05, 4.69) is 41.2 Å². The summed E-state index contributed by atoms with van der Waals surface area (Å²) in [6, 6.07) is 0.575. The number of aromatic amines is 1. The predicted octanol–water partition coefficient (Wildman–Crippen LogP) is 2.03. The second-order valence-corrected chi connectivity index (χ2v) is 5.88. The molecule has 0 aliphatic carbocycles. The molecule has 1 aromatic heterocycles. The van der Waals surface area contributed by atoms with Gasteiger partial charge in [0.1, 0.15) is 0 Å². The van der Waals surface area contributed by atoms with Gasteiger partial charge >= 0.3 is 0 Å². The lowest BCUT2D eigenvalue weighted by Gasteiger charge is -2.29. The van der Waals surface area contributed by atoms with E-state index in [4.69, 9.17) is 0 Å². The fraction of sp³-hybridized carbons (Fsp3) is 0.800. The topological polar surface area (TPSA) is 44.0 Å². The Morgan fingerprint density at radius 3 is 2.63 bits per heavy atom. The molecule has 0 bridgehead atoms. The lowest BCUT2D eigenvalue weighted by atomic mass is 10.1. The zero-order valence-electron chi connectivity index (χ0n) is 12.6. The number of aromatic nitrogens is 2. The van der Waals surface area contributed by atoms with E-state index in [0.29, 0.717) is 6.04 Å². The number of likely N-dealkylation sites (tertiary alicyclic amines) is 1. The minimum Gasteiger partial charge on any atom is -0.313 e. The van der Waals surface area contributed by atoms with Gasteiger partial charge in [0.2, 0.25) is 0 Å². The van der Waals surface area contributed by atoms with Crippen LogP contribution in [0.25, 0.3) is 0 Å². The number of hydrogen-bond acceptors (Lipinski definition) is 3. The normalized spacial score (nSPS) is 18.7. The molecule has 1 aliphatic rings. The highest BCUT2D eigenvalue weighted by molar-refractivity contribution is 5.23. The molecule has 1 fully saturated rings.